The molecule has 2 N–H and O–H groups in total. The summed E-state index contributed by atoms with van der Waals surface area (Å²) in [6.45, 7) is 6.44. The molecule has 0 saturated heterocycles. The van der Waals surface area contributed by atoms with Gasteiger partial charge in [0.2, 0.25) is 0 Å². The van der Waals surface area contributed by atoms with Gasteiger partial charge in [0.1, 0.15) is 11.5 Å². The number of nitrogens with zero attached hydrogens (tertiary/aromatic N) is 2. The lowest BCUT2D eigenvalue weighted by Crippen LogP contribution is -2.17. The molecule has 29 heavy (non-hydrogen) atoms. The first-order chi connectivity index (χ1) is 13.9. The molecule has 6 heteroatoms. The molecular weight excluding hydrogens is 364 g/mol. The summed E-state index contributed by atoms with van der Waals surface area (Å²) in [4.78, 5) is 33.2. The molecule has 0 unspecified atom stereocenters. The number of Topliss-reactive ketones (excluding diaryl/α,β-unsaturated/α-hetero) is 1. The topological polar surface area (TPSA) is 84.0 Å². The number of carbonyl (C=O) groups excluding carboxylic acids is 2. The Hall–Kier alpha value is -3.54. The average molecular weight is 388 g/mol. The molecule has 1 amide bonds. The molecule has 0 saturated carbocycles. The number of hydrogen-bond donors (Lipinski definition) is 2. The van der Waals surface area contributed by atoms with E-state index in [0.717, 1.165) is 12.1 Å². The lowest BCUT2D eigenvalue weighted by Gasteiger charge is -2.12. The summed E-state index contributed by atoms with van der Waals surface area (Å²) in [5.41, 5.74) is 2.29. The number of carbonyl (C=O) groups is 2. The van der Waals surface area contributed by atoms with Gasteiger partial charge in [-0.05, 0) is 37.1 Å². The molecule has 0 aliphatic heterocycles. The van der Waals surface area contributed by atoms with Crippen molar-refractivity contribution in [2.45, 2.75) is 20.8 Å². The summed E-state index contributed by atoms with van der Waals surface area (Å²) in [5.74, 6) is 1.16. The zero-order chi connectivity index (χ0) is 20.8. The Labute approximate surface area is 170 Å². The Bertz CT molecular complexity index is 999. The summed E-state index contributed by atoms with van der Waals surface area (Å²) < 4.78 is 0. The van der Waals surface area contributed by atoms with Crippen LogP contribution in [0.4, 0.5) is 11.5 Å². The summed E-state index contributed by atoms with van der Waals surface area (Å²) in [6.07, 6.45) is 0. The second kappa shape index (κ2) is 9.10. The lowest BCUT2D eigenvalue weighted by molar-refractivity contribution is 0.101. The monoisotopic (exact) mass is 388 g/mol. The van der Waals surface area contributed by atoms with Crippen LogP contribution >= 0.6 is 0 Å². The zero-order valence-corrected chi connectivity index (χ0v) is 16.8. The average Bonchev–Trinajstić information content (AvgIpc) is 2.73. The van der Waals surface area contributed by atoms with Gasteiger partial charge in [0.25, 0.3) is 5.91 Å². The number of anilines is 2. The van der Waals surface area contributed by atoms with E-state index in [9.17, 15) is 9.59 Å². The van der Waals surface area contributed by atoms with Crippen LogP contribution < -0.4 is 10.6 Å². The molecule has 0 spiro atoms. The molecule has 0 fully saturated rings. The van der Waals surface area contributed by atoms with Crippen molar-refractivity contribution in [3.8, 4) is 11.4 Å². The Morgan fingerprint density at radius 1 is 0.966 bits per heavy atom. The van der Waals surface area contributed by atoms with Gasteiger partial charge in [-0.25, -0.2) is 9.97 Å². The standard InChI is InChI=1S/C23H24N4O2/c1-15(2)14-24-21-13-20(26-22(27-21)18-7-5-4-6-8-18)23(29)25-19-11-9-17(10-12-19)16(3)28/h4-13,15H,14H2,1-3H3,(H,25,29)(H,24,26,27). The fraction of sp³-hybridized carbons (Fsp3) is 0.217. The second-order valence-corrected chi connectivity index (χ2v) is 7.19. The van der Waals surface area contributed by atoms with Crippen LogP contribution in [0.3, 0.4) is 0 Å². The van der Waals surface area contributed by atoms with Crippen molar-refractivity contribution in [1.29, 1.82) is 0 Å². The molecule has 0 radical (unpaired) electrons. The van der Waals surface area contributed by atoms with E-state index >= 15 is 0 Å². The number of rotatable bonds is 7. The van der Waals surface area contributed by atoms with E-state index in [-0.39, 0.29) is 17.4 Å². The lowest BCUT2D eigenvalue weighted by atomic mass is 10.1. The minimum absolute atomic E-state index is 0.0213. The molecule has 0 aliphatic rings. The van der Waals surface area contributed by atoms with Crippen molar-refractivity contribution in [2.75, 3.05) is 17.2 Å². The van der Waals surface area contributed by atoms with Gasteiger partial charge < -0.3 is 10.6 Å². The fourth-order valence-electron chi connectivity index (χ4n) is 2.66. The predicted octanol–water partition coefficient (Wildman–Crippen LogP) is 4.67. The minimum atomic E-state index is -0.340. The van der Waals surface area contributed by atoms with Crippen molar-refractivity contribution in [1.82, 2.24) is 9.97 Å². The van der Waals surface area contributed by atoms with E-state index in [4.69, 9.17) is 0 Å². The van der Waals surface area contributed by atoms with Crippen molar-refractivity contribution in [3.63, 3.8) is 0 Å². The Balaban J connectivity index is 1.88. The Kier molecular flexibility index (Phi) is 6.34. The highest BCUT2D eigenvalue weighted by molar-refractivity contribution is 6.04. The quantitative estimate of drug-likeness (QED) is 0.575. The van der Waals surface area contributed by atoms with Crippen LogP contribution in [0, 0.1) is 5.92 Å². The van der Waals surface area contributed by atoms with Crippen LogP contribution in [-0.4, -0.2) is 28.2 Å². The van der Waals surface area contributed by atoms with E-state index in [1.807, 2.05) is 30.3 Å². The van der Waals surface area contributed by atoms with Crippen LogP contribution in [0.25, 0.3) is 11.4 Å². The minimum Gasteiger partial charge on any atom is -0.370 e. The smallest absolute Gasteiger partial charge is 0.274 e. The van der Waals surface area contributed by atoms with Gasteiger partial charge in [0, 0.05) is 29.4 Å². The molecule has 3 rings (SSSR count). The van der Waals surface area contributed by atoms with E-state index in [0.29, 0.717) is 28.8 Å². The zero-order valence-electron chi connectivity index (χ0n) is 16.8. The van der Waals surface area contributed by atoms with Gasteiger partial charge >= 0.3 is 0 Å². The summed E-state index contributed by atoms with van der Waals surface area (Å²) in [5, 5.41) is 6.09. The highest BCUT2D eigenvalue weighted by Crippen LogP contribution is 2.19. The summed E-state index contributed by atoms with van der Waals surface area (Å²) in [6, 6.07) is 18.0. The van der Waals surface area contributed by atoms with Crippen molar-refractivity contribution in [3.05, 3.63) is 71.9 Å². The van der Waals surface area contributed by atoms with Crippen LogP contribution in [0.15, 0.2) is 60.7 Å². The predicted molar refractivity (Wildman–Crippen MR) is 115 cm³/mol. The fourth-order valence-corrected chi connectivity index (χ4v) is 2.66. The molecule has 0 bridgehead atoms. The normalized spacial score (nSPS) is 10.6. The Morgan fingerprint density at radius 3 is 2.28 bits per heavy atom. The van der Waals surface area contributed by atoms with Crippen LogP contribution in [0.1, 0.15) is 41.6 Å². The van der Waals surface area contributed by atoms with Gasteiger partial charge in [-0.3, -0.25) is 9.59 Å². The first-order valence-corrected chi connectivity index (χ1v) is 9.53. The van der Waals surface area contributed by atoms with Gasteiger partial charge in [-0.1, -0.05) is 44.2 Å². The van der Waals surface area contributed by atoms with E-state index in [2.05, 4.69) is 34.4 Å². The van der Waals surface area contributed by atoms with Gasteiger partial charge in [-0.2, -0.15) is 0 Å². The van der Waals surface area contributed by atoms with E-state index in [1.54, 1.807) is 30.3 Å². The first kappa shape index (κ1) is 20.2. The number of aromatic nitrogens is 2. The third kappa shape index (κ3) is 5.48. The highest BCUT2D eigenvalue weighted by Gasteiger charge is 2.14. The number of ketones is 1. The Morgan fingerprint density at radius 2 is 1.66 bits per heavy atom. The number of nitrogens with one attached hydrogen (secondary N) is 2. The first-order valence-electron chi connectivity index (χ1n) is 9.53. The maximum Gasteiger partial charge on any atom is 0.274 e. The molecular formula is C23H24N4O2. The van der Waals surface area contributed by atoms with Gasteiger partial charge in [-0.15, -0.1) is 0 Å². The van der Waals surface area contributed by atoms with E-state index in [1.165, 1.54) is 6.92 Å². The van der Waals surface area contributed by atoms with E-state index < -0.39 is 0 Å². The molecule has 6 nitrogen and oxygen atoms in total. The van der Waals surface area contributed by atoms with Crippen LogP contribution in [-0.2, 0) is 0 Å². The molecule has 1 heterocycles. The molecule has 3 aromatic rings. The van der Waals surface area contributed by atoms with Crippen LogP contribution in [0.2, 0.25) is 0 Å². The number of amides is 1. The van der Waals surface area contributed by atoms with Gasteiger partial charge in [0.15, 0.2) is 11.6 Å². The maximum atomic E-state index is 12.8. The molecule has 1 aromatic heterocycles. The molecule has 2 aromatic carbocycles. The van der Waals surface area contributed by atoms with Crippen molar-refractivity contribution < 1.29 is 9.59 Å². The van der Waals surface area contributed by atoms with Crippen molar-refractivity contribution >= 4 is 23.2 Å². The SMILES string of the molecule is CC(=O)c1ccc(NC(=O)c2cc(NCC(C)C)nc(-c3ccccc3)n2)cc1. The van der Waals surface area contributed by atoms with Crippen LogP contribution in [0.5, 0.6) is 0 Å². The summed E-state index contributed by atoms with van der Waals surface area (Å²) >= 11 is 0. The number of benzene rings is 2. The largest absolute Gasteiger partial charge is 0.370 e. The second-order valence-electron chi connectivity index (χ2n) is 7.19. The molecule has 148 valence electrons. The molecule has 0 atom stereocenters. The third-order valence-electron chi connectivity index (χ3n) is 4.23. The molecule has 0 aliphatic carbocycles. The summed E-state index contributed by atoms with van der Waals surface area (Å²) in [7, 11) is 0. The third-order valence-corrected chi connectivity index (χ3v) is 4.23. The van der Waals surface area contributed by atoms with Crippen molar-refractivity contribution in [2.24, 2.45) is 5.92 Å². The van der Waals surface area contributed by atoms with Gasteiger partial charge in [0.05, 0.1) is 0 Å². The maximum absolute atomic E-state index is 12.8. The highest BCUT2D eigenvalue weighted by atomic mass is 16.2. The number of hydrogen-bond acceptors (Lipinski definition) is 5.